The number of carbonyl (C=O) groups is 1. The number of carbonyl (C=O) groups excluding carboxylic acids is 1. The monoisotopic (exact) mass is 439 g/mol. The van der Waals surface area contributed by atoms with E-state index in [0.717, 1.165) is 34.9 Å². The second-order valence-corrected chi connectivity index (χ2v) is 8.62. The van der Waals surface area contributed by atoms with Crippen molar-refractivity contribution in [3.8, 4) is 22.9 Å². The molecule has 0 bridgehead atoms. The fourth-order valence-electron chi connectivity index (χ4n) is 3.25. The molecule has 1 aliphatic carbocycles. The van der Waals surface area contributed by atoms with Crippen LogP contribution >= 0.6 is 11.8 Å². The Hall–Kier alpha value is -3.07. The first-order valence-electron chi connectivity index (χ1n) is 10.1. The Morgan fingerprint density at radius 2 is 2.03 bits per heavy atom. The van der Waals surface area contributed by atoms with Gasteiger partial charge in [0.2, 0.25) is 5.91 Å². The van der Waals surface area contributed by atoms with Crippen molar-refractivity contribution >= 4 is 17.7 Å². The Morgan fingerprint density at radius 3 is 2.71 bits per heavy atom. The van der Waals surface area contributed by atoms with E-state index in [1.807, 2.05) is 37.3 Å². The number of hydrogen-bond donors (Lipinski definition) is 1. The number of rotatable bonds is 9. The molecule has 0 spiro atoms. The summed E-state index contributed by atoms with van der Waals surface area (Å²) in [6.45, 7) is 2.28. The van der Waals surface area contributed by atoms with Gasteiger partial charge in [0.05, 0.1) is 19.5 Å². The van der Waals surface area contributed by atoms with Gasteiger partial charge in [-0.15, -0.1) is 10.2 Å². The molecule has 1 unspecified atom stereocenters. The van der Waals surface area contributed by atoms with Gasteiger partial charge in [-0.1, -0.05) is 17.8 Å². The van der Waals surface area contributed by atoms with Crippen molar-refractivity contribution in [1.82, 2.24) is 25.1 Å². The van der Waals surface area contributed by atoms with Crippen LogP contribution in [0, 0.1) is 0 Å². The minimum atomic E-state index is -0.316. The van der Waals surface area contributed by atoms with Crippen LogP contribution in [0.25, 0.3) is 11.4 Å². The maximum absolute atomic E-state index is 12.7. The van der Waals surface area contributed by atoms with E-state index in [2.05, 4.69) is 25.1 Å². The van der Waals surface area contributed by atoms with E-state index in [4.69, 9.17) is 9.47 Å². The number of methoxy groups -OCH3 is 2. The summed E-state index contributed by atoms with van der Waals surface area (Å²) in [5, 5.41) is 12.2. The number of benzene rings is 1. The van der Waals surface area contributed by atoms with Crippen molar-refractivity contribution in [2.75, 3.05) is 14.2 Å². The van der Waals surface area contributed by atoms with E-state index >= 15 is 0 Å². The molecule has 3 aromatic rings. The van der Waals surface area contributed by atoms with Gasteiger partial charge in [-0.05, 0) is 49.6 Å². The summed E-state index contributed by atoms with van der Waals surface area (Å²) in [5.74, 6) is 2.03. The molecule has 1 aliphatic rings. The smallest absolute Gasteiger partial charge is 0.233 e. The number of thioether (sulfide) groups is 1. The lowest BCUT2D eigenvalue weighted by atomic mass is 10.2. The minimum absolute atomic E-state index is 0.0620. The number of ether oxygens (including phenoxy) is 2. The van der Waals surface area contributed by atoms with E-state index in [1.165, 1.54) is 11.8 Å². The molecule has 31 heavy (non-hydrogen) atoms. The van der Waals surface area contributed by atoms with Gasteiger partial charge in [0.15, 0.2) is 22.5 Å². The van der Waals surface area contributed by atoms with Gasteiger partial charge in [0.25, 0.3) is 0 Å². The van der Waals surface area contributed by atoms with Crippen LogP contribution in [-0.2, 0) is 11.3 Å². The molecule has 0 aliphatic heterocycles. The third kappa shape index (κ3) is 4.82. The lowest BCUT2D eigenvalue weighted by Gasteiger charge is -2.14. The van der Waals surface area contributed by atoms with Gasteiger partial charge < -0.3 is 14.8 Å². The number of amides is 1. The third-order valence-electron chi connectivity index (χ3n) is 5.06. The molecule has 8 nitrogen and oxygen atoms in total. The predicted octanol–water partition coefficient (Wildman–Crippen LogP) is 3.49. The van der Waals surface area contributed by atoms with Crippen LogP contribution in [0.5, 0.6) is 11.5 Å². The highest BCUT2D eigenvalue weighted by molar-refractivity contribution is 8.00. The van der Waals surface area contributed by atoms with Gasteiger partial charge in [-0.25, -0.2) is 0 Å². The molecule has 1 fully saturated rings. The van der Waals surface area contributed by atoms with Crippen molar-refractivity contribution in [2.45, 2.75) is 42.8 Å². The normalized spacial score (nSPS) is 14.2. The number of nitrogens with one attached hydrogen (secondary N) is 1. The predicted molar refractivity (Wildman–Crippen MR) is 118 cm³/mol. The first-order chi connectivity index (χ1) is 15.1. The van der Waals surface area contributed by atoms with Gasteiger partial charge in [0.1, 0.15) is 0 Å². The summed E-state index contributed by atoms with van der Waals surface area (Å²) in [6.07, 6.45) is 5.72. The zero-order valence-corrected chi connectivity index (χ0v) is 18.6. The Balaban J connectivity index is 1.42. The first kappa shape index (κ1) is 21.2. The summed E-state index contributed by atoms with van der Waals surface area (Å²) in [6, 6.07) is 9.84. The van der Waals surface area contributed by atoms with Gasteiger partial charge in [-0.3, -0.25) is 14.3 Å². The third-order valence-corrected chi connectivity index (χ3v) is 6.12. The van der Waals surface area contributed by atoms with Gasteiger partial charge >= 0.3 is 0 Å². The Bertz CT molecular complexity index is 1050. The van der Waals surface area contributed by atoms with Crippen LogP contribution in [-0.4, -0.2) is 45.1 Å². The zero-order valence-electron chi connectivity index (χ0n) is 17.7. The van der Waals surface area contributed by atoms with Crippen LogP contribution in [0.15, 0.2) is 47.9 Å². The molecule has 0 radical (unpaired) electrons. The van der Waals surface area contributed by atoms with E-state index < -0.39 is 0 Å². The summed E-state index contributed by atoms with van der Waals surface area (Å²) in [7, 11) is 3.19. The largest absolute Gasteiger partial charge is 0.493 e. The summed E-state index contributed by atoms with van der Waals surface area (Å²) >= 11 is 1.42. The molecule has 9 heteroatoms. The maximum atomic E-state index is 12.7. The molecule has 162 valence electrons. The molecule has 1 amide bonds. The van der Waals surface area contributed by atoms with Crippen molar-refractivity contribution in [1.29, 1.82) is 0 Å². The summed E-state index contributed by atoms with van der Waals surface area (Å²) < 4.78 is 12.7. The zero-order chi connectivity index (χ0) is 21.8. The van der Waals surface area contributed by atoms with E-state index in [-0.39, 0.29) is 11.2 Å². The highest BCUT2D eigenvalue weighted by Crippen LogP contribution is 2.41. The number of nitrogens with zero attached hydrogens (tertiary/aromatic N) is 4. The molecule has 1 aromatic carbocycles. The Kier molecular flexibility index (Phi) is 6.41. The van der Waals surface area contributed by atoms with Crippen molar-refractivity contribution in [3.63, 3.8) is 0 Å². The Labute approximate surface area is 185 Å². The fourth-order valence-corrected chi connectivity index (χ4v) is 4.19. The second kappa shape index (κ2) is 9.38. The molecule has 4 rings (SSSR count). The first-order valence-corrected chi connectivity index (χ1v) is 11.0. The number of hydrogen-bond acceptors (Lipinski definition) is 7. The van der Waals surface area contributed by atoms with Crippen molar-refractivity contribution < 1.29 is 14.3 Å². The minimum Gasteiger partial charge on any atom is -0.493 e. The number of aromatic nitrogens is 4. The fraction of sp³-hybridized carbons (Fsp3) is 0.364. The molecule has 1 atom stereocenters. The van der Waals surface area contributed by atoms with E-state index in [0.29, 0.717) is 24.1 Å². The topological polar surface area (TPSA) is 91.2 Å². The highest BCUT2D eigenvalue weighted by Gasteiger charge is 2.31. The quantitative estimate of drug-likeness (QED) is 0.510. The average Bonchev–Trinajstić information content (AvgIpc) is 3.57. The molecular formula is C22H25N5O3S. The van der Waals surface area contributed by atoms with Crippen LogP contribution in [0.1, 0.15) is 31.4 Å². The van der Waals surface area contributed by atoms with Crippen LogP contribution in [0.3, 0.4) is 0 Å². The molecule has 1 saturated carbocycles. The molecule has 2 aromatic heterocycles. The van der Waals surface area contributed by atoms with Crippen molar-refractivity contribution in [3.05, 3.63) is 48.3 Å². The molecule has 0 saturated heterocycles. The number of pyridine rings is 1. The molecular weight excluding hydrogens is 414 g/mol. The summed E-state index contributed by atoms with van der Waals surface area (Å²) in [5.41, 5.74) is 1.86. The lowest BCUT2D eigenvalue weighted by Crippen LogP contribution is -2.30. The molecule has 1 N–H and O–H groups in total. The van der Waals surface area contributed by atoms with E-state index in [9.17, 15) is 4.79 Å². The lowest BCUT2D eigenvalue weighted by molar-refractivity contribution is -0.120. The van der Waals surface area contributed by atoms with Crippen LogP contribution < -0.4 is 14.8 Å². The van der Waals surface area contributed by atoms with Gasteiger partial charge in [0, 0.05) is 30.5 Å². The van der Waals surface area contributed by atoms with Gasteiger partial charge in [-0.2, -0.15) is 0 Å². The highest BCUT2D eigenvalue weighted by atomic mass is 32.2. The SMILES string of the molecule is COc1ccc(CNC(=O)C(C)Sc2nnc(-c3cccnc3)n2C2CC2)cc1OC. The standard InChI is InChI=1S/C22H25N5O3S/c1-14(21(28)24-12-15-6-9-18(29-2)19(11-15)30-3)31-22-26-25-20(27(22)17-7-8-17)16-5-4-10-23-13-16/h4-6,9-11,13-14,17H,7-8,12H2,1-3H3,(H,24,28). The van der Waals surface area contributed by atoms with Crippen LogP contribution in [0.4, 0.5) is 0 Å². The van der Waals surface area contributed by atoms with Crippen LogP contribution in [0.2, 0.25) is 0 Å². The summed E-state index contributed by atoms with van der Waals surface area (Å²) in [4.78, 5) is 16.9. The Morgan fingerprint density at radius 1 is 1.23 bits per heavy atom. The van der Waals surface area contributed by atoms with Crippen molar-refractivity contribution in [2.24, 2.45) is 0 Å². The molecule has 2 heterocycles. The van der Waals surface area contributed by atoms with E-state index in [1.54, 1.807) is 26.6 Å². The second-order valence-electron chi connectivity index (χ2n) is 7.32. The average molecular weight is 440 g/mol. The maximum Gasteiger partial charge on any atom is 0.233 e.